The second-order valence-corrected chi connectivity index (χ2v) is 2.07. The van der Waals surface area contributed by atoms with Crippen molar-refractivity contribution in [3.8, 4) is 0 Å². The average molecular weight is 134 g/mol. The van der Waals surface area contributed by atoms with E-state index in [2.05, 4.69) is 16.6 Å². The molecule has 0 aromatic heterocycles. The summed E-state index contributed by atoms with van der Waals surface area (Å²) in [7, 11) is 0. The van der Waals surface area contributed by atoms with Crippen LogP contribution in [-0.4, -0.2) is 19.0 Å². The van der Waals surface area contributed by atoms with E-state index in [9.17, 15) is 0 Å². The molecule has 10 heavy (non-hydrogen) atoms. The second-order valence-electron chi connectivity index (χ2n) is 2.07. The van der Waals surface area contributed by atoms with Crippen molar-refractivity contribution < 1.29 is 0 Å². The number of aliphatic imine (C=N–C) groups is 2. The summed E-state index contributed by atoms with van der Waals surface area (Å²) in [5.41, 5.74) is 0.996. The van der Waals surface area contributed by atoms with Gasteiger partial charge in [-0.25, -0.2) is 0 Å². The Morgan fingerprint density at radius 2 is 2.40 bits per heavy atom. The van der Waals surface area contributed by atoms with E-state index in [0.29, 0.717) is 0 Å². The van der Waals surface area contributed by atoms with E-state index in [1.165, 1.54) is 0 Å². The normalized spacial score (nSPS) is 27.8. The zero-order valence-corrected chi connectivity index (χ0v) is 5.83. The van der Waals surface area contributed by atoms with Gasteiger partial charge in [0.2, 0.25) is 0 Å². The van der Waals surface area contributed by atoms with Crippen LogP contribution in [0.5, 0.6) is 0 Å². The minimum absolute atomic E-state index is 0.727. The first kappa shape index (κ1) is 6.93. The molecule has 1 heterocycles. The number of nitrogens with zero attached hydrogens (tertiary/aromatic N) is 2. The second kappa shape index (κ2) is 3.77. The third-order valence-electron chi connectivity index (χ3n) is 1.14. The number of hydrogen-bond donors (Lipinski definition) is 0. The molecule has 0 fully saturated rings. The fraction of sp³-hybridized carbons (Fsp3) is 0.250. The van der Waals surface area contributed by atoms with E-state index in [1.54, 1.807) is 12.4 Å². The molecule has 2 heteroatoms. The molecule has 0 spiro atoms. The van der Waals surface area contributed by atoms with Gasteiger partial charge in [-0.3, -0.25) is 9.98 Å². The first-order valence-corrected chi connectivity index (χ1v) is 3.24. The molecule has 52 valence electrons. The van der Waals surface area contributed by atoms with E-state index >= 15 is 0 Å². The summed E-state index contributed by atoms with van der Waals surface area (Å²) >= 11 is 0. The summed E-state index contributed by atoms with van der Waals surface area (Å²) in [5, 5.41) is 0. The van der Waals surface area contributed by atoms with Crippen LogP contribution in [0.4, 0.5) is 0 Å². The summed E-state index contributed by atoms with van der Waals surface area (Å²) in [6.45, 7) is 4.51. The Bertz CT molecular complexity index is 199. The molecule has 1 aliphatic rings. The van der Waals surface area contributed by atoms with Gasteiger partial charge in [-0.05, 0) is 11.6 Å². The van der Waals surface area contributed by atoms with Crippen LogP contribution in [0.15, 0.2) is 34.4 Å². The summed E-state index contributed by atoms with van der Waals surface area (Å²) in [5.74, 6) is 0. The standard InChI is InChI=1S/C8H10N2/c1-8-3-6-9-4-2-5-10-7-8/h2,5-7H,1,3-4H2/b5-2-,9-6-,10-7-. The molecule has 0 radical (unpaired) electrons. The lowest BCUT2D eigenvalue weighted by Gasteiger charge is -1.87. The van der Waals surface area contributed by atoms with Gasteiger partial charge in [0.15, 0.2) is 0 Å². The lowest BCUT2D eigenvalue weighted by molar-refractivity contribution is 1.23. The van der Waals surface area contributed by atoms with Gasteiger partial charge in [0.1, 0.15) is 0 Å². The fourth-order valence-corrected chi connectivity index (χ4v) is 0.626. The molecule has 0 amide bonds. The highest BCUT2D eigenvalue weighted by Gasteiger charge is 1.85. The zero-order valence-electron chi connectivity index (χ0n) is 5.83. The monoisotopic (exact) mass is 134 g/mol. The van der Waals surface area contributed by atoms with Gasteiger partial charge in [-0.15, -0.1) is 0 Å². The molecular weight excluding hydrogens is 124 g/mol. The van der Waals surface area contributed by atoms with E-state index in [-0.39, 0.29) is 0 Å². The van der Waals surface area contributed by atoms with E-state index in [4.69, 9.17) is 0 Å². The van der Waals surface area contributed by atoms with Gasteiger partial charge >= 0.3 is 0 Å². The minimum atomic E-state index is 0.727. The van der Waals surface area contributed by atoms with Crippen LogP contribution in [0.25, 0.3) is 0 Å². The first-order chi connectivity index (χ1) is 4.89. The highest BCUT2D eigenvalue weighted by molar-refractivity contribution is 5.83. The summed E-state index contributed by atoms with van der Waals surface area (Å²) in [6, 6.07) is 0. The quantitative estimate of drug-likeness (QED) is 0.480. The van der Waals surface area contributed by atoms with Crippen LogP contribution in [-0.2, 0) is 0 Å². The van der Waals surface area contributed by atoms with Gasteiger partial charge in [0.05, 0.1) is 6.54 Å². The molecule has 0 atom stereocenters. The van der Waals surface area contributed by atoms with Crippen LogP contribution < -0.4 is 0 Å². The lowest BCUT2D eigenvalue weighted by atomic mass is 10.2. The van der Waals surface area contributed by atoms with Crippen LogP contribution in [0.2, 0.25) is 0 Å². The fourth-order valence-electron chi connectivity index (χ4n) is 0.626. The van der Waals surface area contributed by atoms with Crippen molar-refractivity contribution in [2.75, 3.05) is 6.54 Å². The molecule has 1 aliphatic heterocycles. The van der Waals surface area contributed by atoms with Crippen molar-refractivity contribution in [1.29, 1.82) is 0 Å². The van der Waals surface area contributed by atoms with Crippen LogP contribution in [0, 0.1) is 0 Å². The van der Waals surface area contributed by atoms with Crippen LogP contribution >= 0.6 is 0 Å². The minimum Gasteiger partial charge on any atom is -0.293 e. The Kier molecular flexibility index (Phi) is 2.62. The molecule has 0 saturated carbocycles. The van der Waals surface area contributed by atoms with Gasteiger partial charge < -0.3 is 0 Å². The van der Waals surface area contributed by atoms with Gasteiger partial charge in [-0.1, -0.05) is 6.58 Å². The lowest BCUT2D eigenvalue weighted by Crippen LogP contribution is -1.82. The Labute approximate surface area is 60.7 Å². The van der Waals surface area contributed by atoms with E-state index < -0.39 is 0 Å². The van der Waals surface area contributed by atoms with E-state index in [0.717, 1.165) is 18.5 Å². The molecular formula is C8H10N2. The van der Waals surface area contributed by atoms with Crippen molar-refractivity contribution in [2.45, 2.75) is 6.42 Å². The predicted molar refractivity (Wildman–Crippen MR) is 44.7 cm³/mol. The smallest absolute Gasteiger partial charge is 0.0584 e. The van der Waals surface area contributed by atoms with Crippen molar-refractivity contribution in [3.63, 3.8) is 0 Å². The molecule has 0 aliphatic carbocycles. The molecule has 0 bridgehead atoms. The Morgan fingerprint density at radius 3 is 3.30 bits per heavy atom. The topological polar surface area (TPSA) is 24.7 Å². The highest BCUT2D eigenvalue weighted by atomic mass is 14.7. The van der Waals surface area contributed by atoms with Crippen molar-refractivity contribution >= 4 is 12.4 Å². The summed E-state index contributed by atoms with van der Waals surface area (Å²) < 4.78 is 0. The van der Waals surface area contributed by atoms with Crippen LogP contribution in [0.1, 0.15) is 6.42 Å². The van der Waals surface area contributed by atoms with Crippen molar-refractivity contribution in [2.24, 2.45) is 9.98 Å². The highest BCUT2D eigenvalue weighted by Crippen LogP contribution is 1.93. The molecule has 1 rings (SSSR count). The first-order valence-electron chi connectivity index (χ1n) is 3.24. The van der Waals surface area contributed by atoms with Gasteiger partial charge in [0.25, 0.3) is 0 Å². The number of allylic oxidation sites excluding steroid dienone is 1. The summed E-state index contributed by atoms with van der Waals surface area (Å²) in [4.78, 5) is 8.08. The average Bonchev–Trinajstić information content (AvgIpc) is 2.02. The molecule has 0 N–H and O–H groups in total. The maximum atomic E-state index is 4.09. The van der Waals surface area contributed by atoms with Crippen molar-refractivity contribution in [3.05, 3.63) is 24.4 Å². The van der Waals surface area contributed by atoms with Gasteiger partial charge in [-0.2, -0.15) is 0 Å². The molecule has 0 aromatic carbocycles. The Morgan fingerprint density at radius 1 is 1.50 bits per heavy atom. The van der Waals surface area contributed by atoms with Gasteiger partial charge in [0, 0.05) is 25.0 Å². The SMILES string of the molecule is C=C1/C=N\C=C/C/N=C\C1. The van der Waals surface area contributed by atoms with Crippen molar-refractivity contribution in [1.82, 2.24) is 0 Å². The Balaban J connectivity index is 2.62. The largest absolute Gasteiger partial charge is 0.293 e. The Hall–Kier alpha value is -1.18. The molecule has 0 aromatic rings. The third-order valence-corrected chi connectivity index (χ3v) is 1.14. The third kappa shape index (κ3) is 2.40. The zero-order chi connectivity index (χ0) is 7.23. The number of hydrogen-bond acceptors (Lipinski definition) is 2. The predicted octanol–water partition coefficient (Wildman–Crippen LogP) is 1.60. The molecule has 0 saturated heterocycles. The maximum Gasteiger partial charge on any atom is 0.0584 e. The maximum absolute atomic E-state index is 4.09. The van der Waals surface area contributed by atoms with E-state index in [1.807, 2.05) is 12.3 Å². The van der Waals surface area contributed by atoms with Crippen LogP contribution in [0.3, 0.4) is 0 Å². The summed E-state index contributed by atoms with van der Waals surface area (Å²) in [6.07, 6.45) is 8.09. The molecule has 0 unspecified atom stereocenters. The number of rotatable bonds is 0. The molecule has 2 nitrogen and oxygen atoms in total.